The Morgan fingerprint density at radius 3 is 2.44 bits per heavy atom. The number of para-hydroxylation sites is 1. The van der Waals surface area contributed by atoms with E-state index in [0.717, 1.165) is 10.6 Å². The molecule has 2 rings (SSSR count). The molecular formula is C21H26ClN3O6S. The van der Waals surface area contributed by atoms with Crippen molar-refractivity contribution in [1.29, 1.82) is 0 Å². The van der Waals surface area contributed by atoms with Crippen molar-refractivity contribution >= 4 is 44.8 Å². The second kappa shape index (κ2) is 11.2. The molecule has 2 aromatic carbocycles. The topological polar surface area (TPSA) is 114 Å². The first kappa shape index (κ1) is 25.4. The number of hydrogen-bond donors (Lipinski definition) is 2. The van der Waals surface area contributed by atoms with Crippen molar-refractivity contribution in [3.63, 3.8) is 0 Å². The van der Waals surface area contributed by atoms with Crippen LogP contribution in [0.4, 0.5) is 11.4 Å². The van der Waals surface area contributed by atoms with Crippen molar-refractivity contribution in [2.24, 2.45) is 0 Å². The van der Waals surface area contributed by atoms with Gasteiger partial charge in [0, 0.05) is 13.7 Å². The third kappa shape index (κ3) is 6.35. The van der Waals surface area contributed by atoms with Crippen LogP contribution in [-0.2, 0) is 19.6 Å². The minimum atomic E-state index is -3.85. The van der Waals surface area contributed by atoms with Gasteiger partial charge in [-0.3, -0.25) is 13.9 Å². The summed E-state index contributed by atoms with van der Waals surface area (Å²) in [5.74, 6) is -0.651. The highest BCUT2D eigenvalue weighted by atomic mass is 35.5. The van der Waals surface area contributed by atoms with E-state index in [1.165, 1.54) is 39.3 Å². The molecule has 174 valence electrons. The normalized spacial score (nSPS) is 12.0. The number of hydrogen-bond acceptors (Lipinski definition) is 6. The van der Waals surface area contributed by atoms with E-state index in [9.17, 15) is 18.0 Å². The molecule has 0 saturated carbocycles. The smallest absolute Gasteiger partial charge is 0.253 e. The lowest BCUT2D eigenvalue weighted by atomic mass is 10.1. The van der Waals surface area contributed by atoms with Crippen LogP contribution >= 0.6 is 11.6 Å². The number of anilines is 2. The van der Waals surface area contributed by atoms with Crippen molar-refractivity contribution in [2.45, 2.75) is 13.0 Å². The summed E-state index contributed by atoms with van der Waals surface area (Å²) in [6.07, 6.45) is 0.992. The molecule has 0 saturated heterocycles. The fraction of sp³-hybridized carbons (Fsp3) is 0.333. The van der Waals surface area contributed by atoms with Gasteiger partial charge in [0.05, 0.1) is 41.9 Å². The molecule has 9 nitrogen and oxygen atoms in total. The molecule has 2 aromatic rings. The number of carbonyl (C=O) groups is 2. The first-order valence-corrected chi connectivity index (χ1v) is 11.8. The van der Waals surface area contributed by atoms with Crippen LogP contribution in [0, 0.1) is 0 Å². The van der Waals surface area contributed by atoms with Crippen LogP contribution in [0.3, 0.4) is 0 Å². The first-order chi connectivity index (χ1) is 15.1. The zero-order valence-corrected chi connectivity index (χ0v) is 19.8. The Hall–Kier alpha value is -2.82. The highest BCUT2D eigenvalue weighted by Gasteiger charge is 2.30. The van der Waals surface area contributed by atoms with Gasteiger partial charge in [-0.25, -0.2) is 8.42 Å². The maximum atomic E-state index is 13.0. The molecular weight excluding hydrogens is 458 g/mol. The minimum absolute atomic E-state index is 0.198. The SMILES string of the molecule is COCCNC(=O)c1ccccc1NC(=O)[C@H](C)N(c1ccc(OC)c(Cl)c1)S(C)(=O)=O. The van der Waals surface area contributed by atoms with Gasteiger partial charge in [-0.05, 0) is 37.3 Å². The lowest BCUT2D eigenvalue weighted by molar-refractivity contribution is -0.116. The first-order valence-electron chi connectivity index (χ1n) is 9.60. The summed E-state index contributed by atoms with van der Waals surface area (Å²) in [5, 5.41) is 5.53. The van der Waals surface area contributed by atoms with Crippen LogP contribution in [-0.4, -0.2) is 59.9 Å². The summed E-state index contributed by atoms with van der Waals surface area (Å²) in [6, 6.07) is 9.70. The van der Waals surface area contributed by atoms with Crippen LogP contribution in [0.25, 0.3) is 0 Å². The van der Waals surface area contributed by atoms with Gasteiger partial charge < -0.3 is 20.1 Å². The lowest BCUT2D eigenvalue weighted by Crippen LogP contribution is -2.45. The van der Waals surface area contributed by atoms with Gasteiger partial charge in [-0.1, -0.05) is 23.7 Å². The molecule has 0 unspecified atom stereocenters. The molecule has 32 heavy (non-hydrogen) atoms. The highest BCUT2D eigenvalue weighted by Crippen LogP contribution is 2.31. The number of nitrogens with zero attached hydrogens (tertiary/aromatic N) is 1. The van der Waals surface area contributed by atoms with E-state index < -0.39 is 27.9 Å². The van der Waals surface area contributed by atoms with E-state index in [1.807, 2.05) is 0 Å². The maximum absolute atomic E-state index is 13.0. The van der Waals surface area contributed by atoms with Crippen molar-refractivity contribution in [1.82, 2.24) is 5.32 Å². The van der Waals surface area contributed by atoms with Crippen molar-refractivity contribution in [3.05, 3.63) is 53.1 Å². The Morgan fingerprint density at radius 2 is 1.84 bits per heavy atom. The van der Waals surface area contributed by atoms with Gasteiger partial charge in [0.15, 0.2) is 0 Å². The molecule has 0 radical (unpaired) electrons. The summed E-state index contributed by atoms with van der Waals surface area (Å²) in [5.41, 5.74) is 0.689. The summed E-state index contributed by atoms with van der Waals surface area (Å²) in [4.78, 5) is 25.4. The number of nitrogens with one attached hydrogen (secondary N) is 2. The molecule has 0 aliphatic carbocycles. The maximum Gasteiger partial charge on any atom is 0.253 e. The van der Waals surface area contributed by atoms with Gasteiger partial charge in [0.25, 0.3) is 5.91 Å². The number of rotatable bonds is 10. The molecule has 0 bridgehead atoms. The Morgan fingerprint density at radius 1 is 1.16 bits per heavy atom. The average molecular weight is 484 g/mol. The van der Waals surface area contributed by atoms with E-state index in [2.05, 4.69) is 10.6 Å². The summed E-state index contributed by atoms with van der Waals surface area (Å²) in [6.45, 7) is 2.08. The molecule has 0 spiro atoms. The van der Waals surface area contributed by atoms with E-state index in [4.69, 9.17) is 21.1 Å². The molecule has 1 atom stereocenters. The van der Waals surface area contributed by atoms with Crippen LogP contribution in [0.2, 0.25) is 5.02 Å². The van der Waals surface area contributed by atoms with Crippen molar-refractivity contribution < 1.29 is 27.5 Å². The number of amides is 2. The fourth-order valence-electron chi connectivity index (χ4n) is 2.99. The van der Waals surface area contributed by atoms with Gasteiger partial charge in [0.1, 0.15) is 11.8 Å². The molecule has 0 aliphatic rings. The second-order valence-electron chi connectivity index (χ2n) is 6.84. The summed E-state index contributed by atoms with van der Waals surface area (Å²) < 4.78 is 36.0. The number of benzene rings is 2. The zero-order valence-electron chi connectivity index (χ0n) is 18.2. The monoisotopic (exact) mass is 483 g/mol. The van der Waals surface area contributed by atoms with Crippen molar-refractivity contribution in [3.8, 4) is 5.75 Å². The Bertz CT molecular complexity index is 1080. The average Bonchev–Trinajstić information content (AvgIpc) is 2.73. The van der Waals surface area contributed by atoms with E-state index in [-0.39, 0.29) is 22.0 Å². The number of sulfonamides is 1. The predicted octanol–water partition coefficient (Wildman–Crippen LogP) is 2.52. The number of carbonyl (C=O) groups excluding carboxylic acids is 2. The predicted molar refractivity (Wildman–Crippen MR) is 124 cm³/mol. The third-order valence-electron chi connectivity index (χ3n) is 4.50. The third-order valence-corrected chi connectivity index (χ3v) is 6.04. The Kier molecular flexibility index (Phi) is 8.88. The van der Waals surface area contributed by atoms with Crippen LogP contribution in [0.1, 0.15) is 17.3 Å². The number of methoxy groups -OCH3 is 2. The Labute approximate surface area is 192 Å². The fourth-order valence-corrected chi connectivity index (χ4v) is 4.41. The van der Waals surface area contributed by atoms with Crippen molar-refractivity contribution in [2.75, 3.05) is 43.2 Å². The van der Waals surface area contributed by atoms with Crippen LogP contribution in [0.5, 0.6) is 5.75 Å². The summed E-state index contributed by atoms with van der Waals surface area (Å²) in [7, 11) is -0.895. The zero-order chi connectivity index (χ0) is 23.9. The standard InChI is InChI=1S/C21H26ClN3O6S/c1-14(25(32(4,28)29)15-9-10-19(31-3)17(22)13-15)20(26)24-18-8-6-5-7-16(18)21(27)23-11-12-30-2/h5-10,13-14H,11-12H2,1-4H3,(H,23,27)(H,24,26)/t14-/m0/s1. The molecule has 0 heterocycles. The molecule has 0 aromatic heterocycles. The second-order valence-corrected chi connectivity index (χ2v) is 9.10. The number of ether oxygens (including phenoxy) is 2. The summed E-state index contributed by atoms with van der Waals surface area (Å²) >= 11 is 6.15. The molecule has 2 amide bonds. The van der Waals surface area contributed by atoms with Crippen LogP contribution < -0.4 is 19.7 Å². The Balaban J connectivity index is 2.30. The number of halogens is 1. The molecule has 0 aliphatic heterocycles. The van der Waals surface area contributed by atoms with Gasteiger partial charge in [-0.2, -0.15) is 0 Å². The largest absolute Gasteiger partial charge is 0.495 e. The van der Waals surface area contributed by atoms with Crippen LogP contribution in [0.15, 0.2) is 42.5 Å². The lowest BCUT2D eigenvalue weighted by Gasteiger charge is -2.28. The van der Waals surface area contributed by atoms with E-state index >= 15 is 0 Å². The van der Waals surface area contributed by atoms with E-state index in [0.29, 0.717) is 18.9 Å². The molecule has 0 fully saturated rings. The molecule has 2 N–H and O–H groups in total. The van der Waals surface area contributed by atoms with Gasteiger partial charge >= 0.3 is 0 Å². The molecule has 11 heteroatoms. The minimum Gasteiger partial charge on any atom is -0.495 e. The van der Waals surface area contributed by atoms with Gasteiger partial charge in [-0.15, -0.1) is 0 Å². The highest BCUT2D eigenvalue weighted by molar-refractivity contribution is 7.92. The quantitative estimate of drug-likeness (QED) is 0.502. The van der Waals surface area contributed by atoms with E-state index in [1.54, 1.807) is 24.3 Å². The van der Waals surface area contributed by atoms with Gasteiger partial charge in [0.2, 0.25) is 15.9 Å².